The van der Waals surface area contributed by atoms with Gasteiger partial charge >= 0.3 is 0 Å². The number of hydrogen-bond donors (Lipinski definition) is 3. The van der Waals surface area contributed by atoms with Crippen molar-refractivity contribution in [2.45, 2.75) is 19.4 Å². The molecule has 0 aliphatic rings. The van der Waals surface area contributed by atoms with Gasteiger partial charge in [0.25, 0.3) is 0 Å². The second-order valence-corrected chi connectivity index (χ2v) is 4.90. The van der Waals surface area contributed by atoms with Crippen molar-refractivity contribution >= 4 is 22.3 Å². The van der Waals surface area contributed by atoms with Crippen molar-refractivity contribution in [3.63, 3.8) is 0 Å². The smallest absolute Gasteiger partial charge is 0.0727 e. The quantitative estimate of drug-likeness (QED) is 0.702. The van der Waals surface area contributed by atoms with Gasteiger partial charge in [0.2, 0.25) is 0 Å². The summed E-state index contributed by atoms with van der Waals surface area (Å²) in [4.78, 5) is 4.50. The number of nitrogen functional groups attached to an aromatic ring is 1. The molecule has 1 atom stereocenters. The van der Waals surface area contributed by atoms with Crippen LogP contribution in [0.2, 0.25) is 0 Å². The zero-order chi connectivity index (χ0) is 14.5. The van der Waals surface area contributed by atoms with Crippen molar-refractivity contribution in [2.75, 3.05) is 31.4 Å². The van der Waals surface area contributed by atoms with Gasteiger partial charge < -0.3 is 20.9 Å². The summed E-state index contributed by atoms with van der Waals surface area (Å²) in [7, 11) is 1.65. The molecule has 5 nitrogen and oxygen atoms in total. The molecule has 1 unspecified atom stereocenters. The first-order valence-electron chi connectivity index (χ1n) is 6.67. The summed E-state index contributed by atoms with van der Waals surface area (Å²) in [5.41, 5.74) is 9.37. The van der Waals surface area contributed by atoms with Crippen molar-refractivity contribution in [3.05, 3.63) is 30.0 Å². The van der Waals surface area contributed by atoms with Gasteiger partial charge in [-0.15, -0.1) is 0 Å². The number of aliphatic hydroxyl groups excluding tert-OH is 1. The third-order valence-electron chi connectivity index (χ3n) is 3.17. The molecule has 1 heterocycles. The van der Waals surface area contributed by atoms with Crippen LogP contribution in [0.1, 0.15) is 12.1 Å². The number of rotatable bonds is 6. The van der Waals surface area contributed by atoms with Crippen molar-refractivity contribution in [3.8, 4) is 0 Å². The number of aliphatic hydroxyl groups is 1. The third-order valence-corrected chi connectivity index (χ3v) is 3.17. The first-order chi connectivity index (χ1) is 9.63. The third kappa shape index (κ3) is 3.37. The lowest BCUT2D eigenvalue weighted by Crippen LogP contribution is -2.26. The molecule has 1 aromatic carbocycles. The monoisotopic (exact) mass is 275 g/mol. The minimum atomic E-state index is 0.0523. The van der Waals surface area contributed by atoms with E-state index < -0.39 is 0 Å². The maximum Gasteiger partial charge on any atom is 0.0727 e. The SMILES string of the molecule is COCC(CCO)Nc1cc(C)nc2ccc(N)cc12. The summed E-state index contributed by atoms with van der Waals surface area (Å²) < 4.78 is 5.18. The molecule has 5 heteroatoms. The number of pyridine rings is 1. The molecule has 0 fully saturated rings. The minimum Gasteiger partial charge on any atom is -0.399 e. The average molecular weight is 275 g/mol. The van der Waals surface area contributed by atoms with Gasteiger partial charge in [0, 0.05) is 36.2 Å². The van der Waals surface area contributed by atoms with Crippen LogP contribution in [-0.2, 0) is 4.74 Å². The van der Waals surface area contributed by atoms with Gasteiger partial charge in [-0.1, -0.05) is 0 Å². The lowest BCUT2D eigenvalue weighted by Gasteiger charge is -2.20. The number of anilines is 2. The van der Waals surface area contributed by atoms with E-state index in [0.717, 1.165) is 22.3 Å². The maximum atomic E-state index is 9.13. The molecular formula is C15H21N3O2. The number of nitrogens with zero attached hydrogens (tertiary/aromatic N) is 1. The van der Waals surface area contributed by atoms with Crippen molar-refractivity contribution < 1.29 is 9.84 Å². The molecule has 0 radical (unpaired) electrons. The fraction of sp³-hybridized carbons (Fsp3) is 0.400. The summed E-state index contributed by atoms with van der Waals surface area (Å²) >= 11 is 0. The normalized spacial score (nSPS) is 12.6. The van der Waals surface area contributed by atoms with Crippen LogP contribution in [0.25, 0.3) is 10.9 Å². The Bertz CT molecular complexity index is 581. The Morgan fingerprint density at radius 1 is 1.40 bits per heavy atom. The number of benzene rings is 1. The first-order valence-corrected chi connectivity index (χ1v) is 6.67. The average Bonchev–Trinajstić information content (AvgIpc) is 2.40. The number of nitrogens with two attached hydrogens (primary N) is 1. The molecule has 0 bridgehead atoms. The standard InChI is InChI=1S/C15H21N3O2/c1-10-7-15(18-12(5-6-19)9-20-2)13-8-11(16)3-4-14(13)17-10/h3-4,7-8,12,19H,5-6,9,16H2,1-2H3,(H,17,18). The van der Waals surface area contributed by atoms with E-state index in [0.29, 0.717) is 18.7 Å². The number of hydrogen-bond acceptors (Lipinski definition) is 5. The van der Waals surface area contributed by atoms with E-state index in [2.05, 4.69) is 10.3 Å². The summed E-state index contributed by atoms with van der Waals surface area (Å²) in [6.07, 6.45) is 0.624. The lowest BCUT2D eigenvalue weighted by molar-refractivity contribution is 0.170. The molecule has 1 aromatic heterocycles. The second-order valence-electron chi connectivity index (χ2n) is 4.90. The van der Waals surface area contributed by atoms with Crippen LogP contribution in [0.3, 0.4) is 0 Å². The molecule has 4 N–H and O–H groups in total. The first kappa shape index (κ1) is 14.6. The van der Waals surface area contributed by atoms with Crippen molar-refractivity contribution in [1.29, 1.82) is 0 Å². The summed E-state index contributed by atoms with van der Waals surface area (Å²) in [5, 5.41) is 13.5. The summed E-state index contributed by atoms with van der Waals surface area (Å²) in [5.74, 6) is 0. The topological polar surface area (TPSA) is 80.4 Å². The highest BCUT2D eigenvalue weighted by Crippen LogP contribution is 2.26. The van der Waals surface area contributed by atoms with Crippen LogP contribution in [-0.4, -0.2) is 36.5 Å². The van der Waals surface area contributed by atoms with Crippen LogP contribution in [0, 0.1) is 6.92 Å². The van der Waals surface area contributed by atoms with E-state index in [1.807, 2.05) is 31.2 Å². The van der Waals surface area contributed by atoms with Gasteiger partial charge in [-0.2, -0.15) is 0 Å². The molecule has 0 spiro atoms. The Kier molecular flexibility index (Phi) is 4.76. The van der Waals surface area contributed by atoms with Gasteiger partial charge in [0.15, 0.2) is 0 Å². The zero-order valence-electron chi connectivity index (χ0n) is 11.9. The predicted octanol–water partition coefficient (Wildman–Crippen LogP) is 1.93. The number of fused-ring (bicyclic) bond motifs is 1. The molecule has 108 valence electrons. The Labute approximate surface area is 118 Å². The molecule has 2 rings (SSSR count). The molecule has 0 aliphatic heterocycles. The lowest BCUT2D eigenvalue weighted by atomic mass is 10.1. The van der Waals surface area contributed by atoms with Gasteiger partial charge in [-0.3, -0.25) is 4.98 Å². The second kappa shape index (κ2) is 6.54. The molecule has 0 saturated carbocycles. The van der Waals surface area contributed by atoms with Crippen LogP contribution in [0.4, 0.5) is 11.4 Å². The molecule has 2 aromatic rings. The molecular weight excluding hydrogens is 254 g/mol. The Morgan fingerprint density at radius 2 is 2.20 bits per heavy atom. The molecule has 0 aliphatic carbocycles. The zero-order valence-corrected chi connectivity index (χ0v) is 11.9. The van der Waals surface area contributed by atoms with Gasteiger partial charge in [0.05, 0.1) is 18.2 Å². The van der Waals surface area contributed by atoms with Crippen molar-refractivity contribution in [2.24, 2.45) is 0 Å². The maximum absolute atomic E-state index is 9.13. The van der Waals surface area contributed by atoms with Crippen molar-refractivity contribution in [1.82, 2.24) is 4.98 Å². The molecule has 20 heavy (non-hydrogen) atoms. The van der Waals surface area contributed by atoms with E-state index in [9.17, 15) is 0 Å². The number of aryl methyl sites for hydroxylation is 1. The summed E-state index contributed by atoms with van der Waals surface area (Å²) in [6, 6.07) is 7.71. The van der Waals surface area contributed by atoms with E-state index in [1.165, 1.54) is 0 Å². The highest BCUT2D eigenvalue weighted by atomic mass is 16.5. The minimum absolute atomic E-state index is 0.0523. The predicted molar refractivity (Wildman–Crippen MR) is 81.9 cm³/mol. The van der Waals surface area contributed by atoms with Crippen LogP contribution >= 0.6 is 0 Å². The fourth-order valence-corrected chi connectivity index (χ4v) is 2.27. The fourth-order valence-electron chi connectivity index (χ4n) is 2.27. The molecule has 0 saturated heterocycles. The number of aromatic nitrogens is 1. The van der Waals surface area contributed by atoms with Gasteiger partial charge in [0.1, 0.15) is 0 Å². The van der Waals surface area contributed by atoms with Gasteiger partial charge in [-0.25, -0.2) is 0 Å². The highest BCUT2D eigenvalue weighted by molar-refractivity contribution is 5.93. The number of nitrogens with one attached hydrogen (secondary N) is 1. The van der Waals surface area contributed by atoms with E-state index in [-0.39, 0.29) is 12.6 Å². The van der Waals surface area contributed by atoms with Crippen LogP contribution in [0.15, 0.2) is 24.3 Å². The summed E-state index contributed by atoms with van der Waals surface area (Å²) in [6.45, 7) is 2.61. The Balaban J connectivity index is 2.38. The Hall–Kier alpha value is -1.85. The van der Waals surface area contributed by atoms with Gasteiger partial charge in [-0.05, 0) is 37.6 Å². The van der Waals surface area contributed by atoms with Crippen LogP contribution in [0.5, 0.6) is 0 Å². The van der Waals surface area contributed by atoms with E-state index in [1.54, 1.807) is 7.11 Å². The van der Waals surface area contributed by atoms with Crippen LogP contribution < -0.4 is 11.1 Å². The van der Waals surface area contributed by atoms with E-state index >= 15 is 0 Å². The highest BCUT2D eigenvalue weighted by Gasteiger charge is 2.11. The van der Waals surface area contributed by atoms with E-state index in [4.69, 9.17) is 15.6 Å². The number of methoxy groups -OCH3 is 1. The largest absolute Gasteiger partial charge is 0.399 e. The Morgan fingerprint density at radius 3 is 2.90 bits per heavy atom. The number of ether oxygens (including phenoxy) is 1. The molecule has 0 amide bonds.